The third kappa shape index (κ3) is 3.07. The van der Waals surface area contributed by atoms with Gasteiger partial charge in [0.2, 0.25) is 0 Å². The Morgan fingerprint density at radius 1 is 1.26 bits per heavy atom. The van der Waals surface area contributed by atoms with Crippen molar-refractivity contribution in [3.05, 3.63) is 45.8 Å². The van der Waals surface area contributed by atoms with Gasteiger partial charge in [0, 0.05) is 12.5 Å². The molecule has 6 heteroatoms. The normalized spacial score (nSPS) is 10.6. The van der Waals surface area contributed by atoms with E-state index in [0.717, 1.165) is 0 Å². The molecule has 0 aliphatic heterocycles. The average molecular weight is 328 g/mol. The van der Waals surface area contributed by atoms with Gasteiger partial charge in [-0.05, 0) is 34.5 Å². The zero-order valence-electron chi connectivity index (χ0n) is 10.5. The van der Waals surface area contributed by atoms with Crippen molar-refractivity contribution >= 4 is 27.4 Å². The fraction of sp³-hybridized carbons (Fsp3) is 0.231. The van der Waals surface area contributed by atoms with E-state index >= 15 is 0 Å². The highest BCUT2D eigenvalue weighted by molar-refractivity contribution is 9.10. The molecule has 0 aliphatic carbocycles. The molecule has 19 heavy (non-hydrogen) atoms. The Kier molecular flexibility index (Phi) is 4.09. The number of benzene rings is 1. The number of halogens is 3. The monoisotopic (exact) mass is 327 g/mol. The Hall–Kier alpha value is -1.56. The zero-order valence-corrected chi connectivity index (χ0v) is 12.1. The van der Waals surface area contributed by atoms with Crippen LogP contribution < -0.4 is 5.32 Å². The average Bonchev–Trinajstić information content (AvgIpc) is 2.38. The molecule has 0 atom stereocenters. The minimum atomic E-state index is -0.657. The number of anilines is 2. The lowest BCUT2D eigenvalue weighted by Gasteiger charge is -2.10. The molecule has 0 radical (unpaired) electrons. The molecule has 0 saturated carbocycles. The Labute approximate surface area is 118 Å². The van der Waals surface area contributed by atoms with Gasteiger partial charge in [-0.2, -0.15) is 0 Å². The van der Waals surface area contributed by atoms with E-state index in [0.29, 0.717) is 28.2 Å². The molecule has 0 aliphatic rings. The Balaban J connectivity index is 2.41. The van der Waals surface area contributed by atoms with Gasteiger partial charge < -0.3 is 5.32 Å². The molecule has 2 rings (SSSR count). The van der Waals surface area contributed by atoms with Crippen LogP contribution in [-0.2, 0) is 6.42 Å². The first-order chi connectivity index (χ1) is 9.01. The fourth-order valence-corrected chi connectivity index (χ4v) is 2.01. The predicted molar refractivity (Wildman–Crippen MR) is 73.5 cm³/mol. The molecule has 100 valence electrons. The summed E-state index contributed by atoms with van der Waals surface area (Å²) < 4.78 is 28.1. The topological polar surface area (TPSA) is 37.8 Å². The van der Waals surface area contributed by atoms with Gasteiger partial charge in [0.1, 0.15) is 27.8 Å². The summed E-state index contributed by atoms with van der Waals surface area (Å²) in [5.41, 5.74) is 0.167. The molecule has 1 N–H and O–H groups in total. The summed E-state index contributed by atoms with van der Waals surface area (Å²) in [6, 6.07) is 4.18. The number of nitrogens with zero attached hydrogens (tertiary/aromatic N) is 2. The number of nitrogens with one attached hydrogen (secondary N) is 1. The van der Waals surface area contributed by atoms with E-state index in [2.05, 4.69) is 31.2 Å². The van der Waals surface area contributed by atoms with Crippen molar-refractivity contribution in [2.75, 3.05) is 5.32 Å². The highest BCUT2D eigenvalue weighted by atomic mass is 79.9. The van der Waals surface area contributed by atoms with Gasteiger partial charge in [-0.3, -0.25) is 0 Å². The second-order valence-corrected chi connectivity index (χ2v) is 4.84. The maximum absolute atomic E-state index is 13.9. The molecule has 0 fully saturated rings. The van der Waals surface area contributed by atoms with Crippen molar-refractivity contribution in [1.29, 1.82) is 0 Å². The van der Waals surface area contributed by atoms with Gasteiger partial charge in [0.05, 0.1) is 0 Å². The summed E-state index contributed by atoms with van der Waals surface area (Å²) in [4.78, 5) is 8.31. The van der Waals surface area contributed by atoms with Crippen LogP contribution >= 0.6 is 15.9 Å². The van der Waals surface area contributed by atoms with Crippen molar-refractivity contribution in [3.63, 3.8) is 0 Å². The van der Waals surface area contributed by atoms with E-state index in [1.54, 1.807) is 13.0 Å². The second kappa shape index (κ2) is 5.61. The maximum Gasteiger partial charge on any atom is 0.152 e. The van der Waals surface area contributed by atoms with Crippen LogP contribution in [-0.4, -0.2) is 9.97 Å². The van der Waals surface area contributed by atoms with E-state index in [-0.39, 0.29) is 5.69 Å². The van der Waals surface area contributed by atoms with Crippen molar-refractivity contribution in [2.45, 2.75) is 20.3 Å². The molecular weight excluding hydrogens is 316 g/mol. The first-order valence-corrected chi connectivity index (χ1v) is 6.55. The lowest BCUT2D eigenvalue weighted by molar-refractivity contribution is 0.584. The standard InChI is InChI=1S/C13H12BrF2N3/c1-3-10-17-9(14)6-11(18-10)19-13-8(15)5-4-7(2)12(13)16/h4-6H,3H2,1-2H3,(H,17,18,19). The third-order valence-corrected chi connectivity index (χ3v) is 3.00. The van der Waals surface area contributed by atoms with E-state index in [1.807, 2.05) is 6.92 Å². The zero-order chi connectivity index (χ0) is 14.0. The van der Waals surface area contributed by atoms with Crippen molar-refractivity contribution < 1.29 is 8.78 Å². The summed E-state index contributed by atoms with van der Waals surface area (Å²) in [7, 11) is 0. The van der Waals surface area contributed by atoms with Crippen LogP contribution in [0.3, 0.4) is 0 Å². The first-order valence-electron chi connectivity index (χ1n) is 5.76. The molecule has 0 bridgehead atoms. The van der Waals surface area contributed by atoms with Crippen LogP contribution in [0.15, 0.2) is 22.8 Å². The minimum Gasteiger partial charge on any atom is -0.335 e. The number of rotatable bonds is 3. The van der Waals surface area contributed by atoms with Crippen molar-refractivity contribution in [2.24, 2.45) is 0 Å². The molecule has 2 aromatic rings. The van der Waals surface area contributed by atoms with Crippen LogP contribution in [0, 0.1) is 18.6 Å². The van der Waals surface area contributed by atoms with Crippen LogP contribution in [0.2, 0.25) is 0 Å². The predicted octanol–water partition coefficient (Wildman–Crippen LogP) is 4.13. The van der Waals surface area contributed by atoms with Crippen LogP contribution in [0.4, 0.5) is 20.3 Å². The molecule has 1 aromatic heterocycles. The summed E-state index contributed by atoms with van der Waals surface area (Å²) in [5, 5.41) is 2.67. The Morgan fingerprint density at radius 3 is 2.68 bits per heavy atom. The maximum atomic E-state index is 13.9. The van der Waals surface area contributed by atoms with Crippen LogP contribution in [0.1, 0.15) is 18.3 Å². The first kappa shape index (κ1) is 13.9. The molecular formula is C13H12BrF2N3. The fourth-order valence-electron chi connectivity index (χ4n) is 1.59. The lowest BCUT2D eigenvalue weighted by atomic mass is 10.2. The molecule has 0 saturated heterocycles. The molecule has 0 unspecified atom stereocenters. The smallest absolute Gasteiger partial charge is 0.152 e. The number of aromatic nitrogens is 2. The van der Waals surface area contributed by atoms with Gasteiger partial charge in [0.25, 0.3) is 0 Å². The third-order valence-electron chi connectivity index (χ3n) is 2.59. The highest BCUT2D eigenvalue weighted by Gasteiger charge is 2.13. The number of aryl methyl sites for hydroxylation is 2. The summed E-state index contributed by atoms with van der Waals surface area (Å²) in [6.07, 6.45) is 0.632. The minimum absolute atomic E-state index is 0.201. The number of hydrogen-bond acceptors (Lipinski definition) is 3. The molecule has 0 amide bonds. The van der Waals surface area contributed by atoms with Gasteiger partial charge in [0.15, 0.2) is 5.82 Å². The van der Waals surface area contributed by atoms with Gasteiger partial charge in [-0.1, -0.05) is 13.0 Å². The second-order valence-electron chi connectivity index (χ2n) is 4.02. The lowest BCUT2D eigenvalue weighted by Crippen LogP contribution is -2.03. The quantitative estimate of drug-likeness (QED) is 0.861. The summed E-state index contributed by atoms with van der Waals surface area (Å²) in [5.74, 6) is -0.337. The molecule has 0 spiro atoms. The molecule has 3 nitrogen and oxygen atoms in total. The van der Waals surface area contributed by atoms with Crippen molar-refractivity contribution in [3.8, 4) is 0 Å². The number of hydrogen-bond donors (Lipinski definition) is 1. The van der Waals surface area contributed by atoms with Crippen molar-refractivity contribution in [1.82, 2.24) is 9.97 Å². The Bertz CT molecular complexity index is 617. The van der Waals surface area contributed by atoms with E-state index < -0.39 is 11.6 Å². The largest absolute Gasteiger partial charge is 0.335 e. The van der Waals surface area contributed by atoms with E-state index in [1.165, 1.54) is 12.1 Å². The van der Waals surface area contributed by atoms with Crippen LogP contribution in [0.5, 0.6) is 0 Å². The SMILES string of the molecule is CCc1nc(Br)cc(Nc2c(F)ccc(C)c2F)n1. The Morgan fingerprint density at radius 2 is 2.00 bits per heavy atom. The highest BCUT2D eigenvalue weighted by Crippen LogP contribution is 2.25. The summed E-state index contributed by atoms with van der Waals surface area (Å²) >= 11 is 3.24. The van der Waals surface area contributed by atoms with E-state index in [9.17, 15) is 8.78 Å². The van der Waals surface area contributed by atoms with Gasteiger partial charge >= 0.3 is 0 Å². The van der Waals surface area contributed by atoms with Gasteiger partial charge in [-0.15, -0.1) is 0 Å². The van der Waals surface area contributed by atoms with Gasteiger partial charge in [-0.25, -0.2) is 18.7 Å². The molecule has 1 aromatic carbocycles. The van der Waals surface area contributed by atoms with Crippen LogP contribution in [0.25, 0.3) is 0 Å². The molecule has 1 heterocycles. The van der Waals surface area contributed by atoms with E-state index in [4.69, 9.17) is 0 Å². The summed E-state index contributed by atoms with van der Waals surface area (Å²) in [6.45, 7) is 3.48.